The number of carbonyl (C=O) groups is 1. The first-order chi connectivity index (χ1) is 14.8. The molecule has 0 aromatic heterocycles. The van der Waals surface area contributed by atoms with Crippen LogP contribution >= 0.6 is 0 Å². The zero-order valence-electron chi connectivity index (χ0n) is 18.2. The van der Waals surface area contributed by atoms with Gasteiger partial charge in [0.2, 0.25) is 15.9 Å². The van der Waals surface area contributed by atoms with E-state index in [1.807, 2.05) is 12.1 Å². The van der Waals surface area contributed by atoms with E-state index < -0.39 is 22.0 Å². The van der Waals surface area contributed by atoms with Gasteiger partial charge in [-0.05, 0) is 80.6 Å². The average molecular weight is 447 g/mol. The van der Waals surface area contributed by atoms with Crippen molar-refractivity contribution >= 4 is 27.3 Å². The van der Waals surface area contributed by atoms with E-state index in [1.165, 1.54) is 20.0 Å². The maximum atomic E-state index is 13.0. The first-order valence-electron chi connectivity index (χ1n) is 10.5. The molecule has 0 radical (unpaired) electrons. The Balaban J connectivity index is 1.74. The molecular weight excluding hydrogens is 416 g/mol. The molecule has 3 rings (SSSR count). The van der Waals surface area contributed by atoms with Gasteiger partial charge in [-0.2, -0.15) is 0 Å². The second-order valence-corrected chi connectivity index (χ2v) is 9.58. The van der Waals surface area contributed by atoms with Gasteiger partial charge in [0.15, 0.2) is 0 Å². The van der Waals surface area contributed by atoms with Crippen LogP contribution in [0.5, 0.6) is 11.5 Å². The Morgan fingerprint density at radius 2 is 1.65 bits per heavy atom. The molecule has 168 valence electrons. The van der Waals surface area contributed by atoms with Gasteiger partial charge in [-0.3, -0.25) is 9.10 Å². The molecule has 1 fully saturated rings. The number of hydrogen-bond acceptors (Lipinski definition) is 5. The first-order valence-corrected chi connectivity index (χ1v) is 12.4. The molecule has 1 saturated carbocycles. The molecule has 1 atom stereocenters. The molecule has 31 heavy (non-hydrogen) atoms. The maximum absolute atomic E-state index is 13.0. The minimum atomic E-state index is -3.69. The van der Waals surface area contributed by atoms with Gasteiger partial charge in [0.1, 0.15) is 17.5 Å². The predicted molar refractivity (Wildman–Crippen MR) is 122 cm³/mol. The van der Waals surface area contributed by atoms with Gasteiger partial charge in [0.25, 0.3) is 0 Å². The van der Waals surface area contributed by atoms with Crippen molar-refractivity contribution in [1.29, 1.82) is 0 Å². The standard InChI is InChI=1S/C23H30N2O5S/c1-4-22(25(31(3,27)28)18-11-15-19(29-2)16-12-18)23(26)24-17-9-13-21(14-10-17)30-20-7-5-6-8-20/h9-16,20,22H,4-8H2,1-3H3,(H,24,26). The third-order valence-electron chi connectivity index (χ3n) is 5.38. The lowest BCUT2D eigenvalue weighted by Gasteiger charge is -2.30. The zero-order valence-corrected chi connectivity index (χ0v) is 19.0. The number of benzene rings is 2. The summed E-state index contributed by atoms with van der Waals surface area (Å²) in [6.45, 7) is 1.78. The summed E-state index contributed by atoms with van der Waals surface area (Å²) >= 11 is 0. The van der Waals surface area contributed by atoms with Crippen molar-refractivity contribution in [2.45, 2.75) is 51.2 Å². The van der Waals surface area contributed by atoms with Crippen LogP contribution in [0.3, 0.4) is 0 Å². The minimum absolute atomic E-state index is 0.262. The van der Waals surface area contributed by atoms with Crippen molar-refractivity contribution in [1.82, 2.24) is 0 Å². The molecule has 0 bridgehead atoms. The van der Waals surface area contributed by atoms with Crippen molar-refractivity contribution in [3.63, 3.8) is 0 Å². The van der Waals surface area contributed by atoms with Gasteiger partial charge in [0.05, 0.1) is 25.2 Å². The Morgan fingerprint density at radius 1 is 1.06 bits per heavy atom. The van der Waals surface area contributed by atoms with E-state index in [1.54, 1.807) is 43.3 Å². The molecule has 2 aromatic carbocycles. The van der Waals surface area contributed by atoms with E-state index in [0.717, 1.165) is 29.2 Å². The van der Waals surface area contributed by atoms with E-state index in [9.17, 15) is 13.2 Å². The third-order valence-corrected chi connectivity index (χ3v) is 6.56. The first kappa shape index (κ1) is 22.9. The van der Waals surface area contributed by atoms with Crippen molar-refractivity contribution in [3.8, 4) is 11.5 Å². The van der Waals surface area contributed by atoms with Crippen molar-refractivity contribution in [2.24, 2.45) is 0 Å². The molecule has 1 aliphatic rings. The summed E-state index contributed by atoms with van der Waals surface area (Å²) in [5.74, 6) is 0.982. The molecule has 0 aliphatic heterocycles. The number of ether oxygens (including phenoxy) is 2. The quantitative estimate of drug-likeness (QED) is 0.624. The number of sulfonamides is 1. The lowest BCUT2D eigenvalue weighted by Crippen LogP contribution is -2.46. The van der Waals surface area contributed by atoms with E-state index in [2.05, 4.69) is 5.32 Å². The predicted octanol–water partition coefficient (Wildman–Crippen LogP) is 4.20. The molecular formula is C23H30N2O5S. The number of rotatable bonds is 9. The maximum Gasteiger partial charge on any atom is 0.248 e. The van der Waals surface area contributed by atoms with Gasteiger partial charge in [-0.1, -0.05) is 6.92 Å². The van der Waals surface area contributed by atoms with Crippen molar-refractivity contribution < 1.29 is 22.7 Å². The summed E-state index contributed by atoms with van der Waals surface area (Å²) in [6.07, 6.45) is 6.21. The third kappa shape index (κ3) is 5.91. The molecule has 0 heterocycles. The number of amides is 1. The number of anilines is 2. The van der Waals surface area contributed by atoms with Crippen LogP contribution in [0.15, 0.2) is 48.5 Å². The highest BCUT2D eigenvalue weighted by Gasteiger charge is 2.31. The number of methoxy groups -OCH3 is 1. The summed E-state index contributed by atoms with van der Waals surface area (Å²) in [7, 11) is -2.16. The Bertz CT molecular complexity index is 968. The number of carbonyl (C=O) groups excluding carboxylic acids is 1. The van der Waals surface area contributed by atoms with Crippen LogP contribution in [0.1, 0.15) is 39.0 Å². The molecule has 1 N–H and O–H groups in total. The average Bonchev–Trinajstić information content (AvgIpc) is 3.25. The molecule has 8 heteroatoms. The Kier molecular flexibility index (Phi) is 7.43. The van der Waals surface area contributed by atoms with Gasteiger partial charge in [0, 0.05) is 5.69 Å². The topological polar surface area (TPSA) is 84.9 Å². The van der Waals surface area contributed by atoms with Crippen LogP contribution < -0.4 is 19.1 Å². The molecule has 7 nitrogen and oxygen atoms in total. The summed E-state index contributed by atoms with van der Waals surface area (Å²) in [6, 6.07) is 12.9. The smallest absolute Gasteiger partial charge is 0.248 e. The van der Waals surface area contributed by atoms with Gasteiger partial charge in [-0.25, -0.2) is 8.42 Å². The van der Waals surface area contributed by atoms with Crippen LogP contribution in [-0.4, -0.2) is 39.8 Å². The number of hydrogen-bond donors (Lipinski definition) is 1. The van der Waals surface area contributed by atoms with Gasteiger partial charge in [-0.15, -0.1) is 0 Å². The Labute approximate surface area is 184 Å². The van der Waals surface area contributed by atoms with E-state index in [0.29, 0.717) is 23.5 Å². The lowest BCUT2D eigenvalue weighted by molar-refractivity contribution is -0.117. The summed E-state index contributed by atoms with van der Waals surface area (Å²) in [5, 5.41) is 2.83. The molecule has 1 amide bonds. The SMILES string of the molecule is CCC(C(=O)Nc1ccc(OC2CCCC2)cc1)N(c1ccc(OC)cc1)S(C)(=O)=O. The molecule has 0 spiro atoms. The molecule has 1 unspecified atom stereocenters. The van der Waals surface area contributed by atoms with Gasteiger partial charge < -0.3 is 14.8 Å². The summed E-state index contributed by atoms with van der Waals surface area (Å²) in [4.78, 5) is 13.0. The summed E-state index contributed by atoms with van der Waals surface area (Å²) in [5.41, 5.74) is 0.996. The fraction of sp³-hybridized carbons (Fsp3) is 0.435. The largest absolute Gasteiger partial charge is 0.497 e. The molecule has 2 aromatic rings. The van der Waals surface area contributed by atoms with Crippen LogP contribution in [0.4, 0.5) is 11.4 Å². The van der Waals surface area contributed by atoms with Crippen molar-refractivity contribution in [3.05, 3.63) is 48.5 Å². The fourth-order valence-electron chi connectivity index (χ4n) is 3.83. The highest BCUT2D eigenvalue weighted by molar-refractivity contribution is 7.92. The van der Waals surface area contributed by atoms with Crippen LogP contribution in [-0.2, 0) is 14.8 Å². The van der Waals surface area contributed by atoms with E-state index in [-0.39, 0.29) is 6.10 Å². The lowest BCUT2D eigenvalue weighted by atomic mass is 10.1. The van der Waals surface area contributed by atoms with E-state index >= 15 is 0 Å². The van der Waals surface area contributed by atoms with E-state index in [4.69, 9.17) is 9.47 Å². The molecule has 1 aliphatic carbocycles. The van der Waals surface area contributed by atoms with Crippen LogP contribution in [0.2, 0.25) is 0 Å². The van der Waals surface area contributed by atoms with Crippen LogP contribution in [0, 0.1) is 0 Å². The zero-order chi connectivity index (χ0) is 22.4. The highest BCUT2D eigenvalue weighted by Crippen LogP contribution is 2.27. The fourth-order valence-corrected chi connectivity index (χ4v) is 5.04. The van der Waals surface area contributed by atoms with Crippen LogP contribution in [0.25, 0.3) is 0 Å². The number of nitrogens with zero attached hydrogens (tertiary/aromatic N) is 1. The highest BCUT2D eigenvalue weighted by atomic mass is 32.2. The monoisotopic (exact) mass is 446 g/mol. The van der Waals surface area contributed by atoms with Crippen molar-refractivity contribution in [2.75, 3.05) is 23.0 Å². The second kappa shape index (κ2) is 10.0. The Morgan fingerprint density at radius 3 is 2.16 bits per heavy atom. The second-order valence-electron chi connectivity index (χ2n) is 7.72. The minimum Gasteiger partial charge on any atom is -0.497 e. The molecule has 0 saturated heterocycles. The normalized spacial score (nSPS) is 15.3. The Hall–Kier alpha value is -2.74. The summed E-state index contributed by atoms with van der Waals surface area (Å²) < 4.78 is 37.3. The van der Waals surface area contributed by atoms with Gasteiger partial charge >= 0.3 is 0 Å². The number of nitrogens with one attached hydrogen (secondary N) is 1.